The maximum Gasteiger partial charge on any atom is 0.254 e. The highest BCUT2D eigenvalue weighted by atomic mass is 16.5. The number of nitrogens with zero attached hydrogens (tertiary/aromatic N) is 1. The molecule has 1 aromatic rings. The van der Waals surface area contributed by atoms with Crippen LogP contribution in [0.25, 0.3) is 0 Å². The Morgan fingerprint density at radius 3 is 2.76 bits per heavy atom. The Balaban J connectivity index is 2.83. The van der Waals surface area contributed by atoms with Crippen molar-refractivity contribution in [2.75, 3.05) is 20.7 Å². The minimum absolute atomic E-state index is 0.0223. The van der Waals surface area contributed by atoms with E-state index in [1.165, 1.54) is 0 Å². The SMILES string of the molecule is CCC(C)(OC)C(=O)N(C)Cc1cccc(C#CCN)c1. The summed E-state index contributed by atoms with van der Waals surface area (Å²) in [5.74, 6) is 5.80. The van der Waals surface area contributed by atoms with Crippen molar-refractivity contribution in [3.63, 3.8) is 0 Å². The second-order valence-electron chi connectivity index (χ2n) is 5.16. The summed E-state index contributed by atoms with van der Waals surface area (Å²) in [7, 11) is 3.35. The maximum absolute atomic E-state index is 12.4. The van der Waals surface area contributed by atoms with E-state index < -0.39 is 5.60 Å². The molecule has 0 saturated heterocycles. The number of carbonyl (C=O) groups is 1. The molecule has 1 amide bonds. The van der Waals surface area contributed by atoms with Gasteiger partial charge < -0.3 is 15.4 Å². The van der Waals surface area contributed by atoms with Gasteiger partial charge in [0.15, 0.2) is 0 Å². The standard InChI is InChI=1S/C17H24N2O2/c1-5-17(2,21-4)16(20)19(3)13-15-9-6-8-14(12-15)10-7-11-18/h6,8-9,12H,5,11,13,18H2,1-4H3. The number of hydrogen-bond acceptors (Lipinski definition) is 3. The molecule has 2 N–H and O–H groups in total. The molecule has 21 heavy (non-hydrogen) atoms. The number of rotatable bonds is 5. The van der Waals surface area contributed by atoms with E-state index in [1.54, 1.807) is 19.1 Å². The van der Waals surface area contributed by atoms with E-state index in [4.69, 9.17) is 10.5 Å². The highest BCUT2D eigenvalue weighted by Gasteiger charge is 2.33. The molecule has 0 bridgehead atoms. The fourth-order valence-electron chi connectivity index (χ4n) is 2.03. The first-order chi connectivity index (χ1) is 9.96. The van der Waals surface area contributed by atoms with Gasteiger partial charge in [-0.05, 0) is 31.0 Å². The Hall–Kier alpha value is -1.83. The Morgan fingerprint density at radius 2 is 2.19 bits per heavy atom. The molecule has 0 aliphatic rings. The third kappa shape index (κ3) is 4.59. The Labute approximate surface area is 127 Å². The normalized spacial score (nSPS) is 13.0. The van der Waals surface area contributed by atoms with Crippen LogP contribution in [0.3, 0.4) is 0 Å². The summed E-state index contributed by atoms with van der Waals surface area (Å²) in [6.07, 6.45) is 0.634. The first kappa shape index (κ1) is 17.2. The van der Waals surface area contributed by atoms with Crippen molar-refractivity contribution in [2.24, 2.45) is 5.73 Å². The molecule has 1 rings (SSSR count). The summed E-state index contributed by atoms with van der Waals surface area (Å²) < 4.78 is 5.36. The summed E-state index contributed by atoms with van der Waals surface area (Å²) in [6, 6.07) is 7.82. The first-order valence-electron chi connectivity index (χ1n) is 7.05. The van der Waals surface area contributed by atoms with Gasteiger partial charge in [0.2, 0.25) is 0 Å². The van der Waals surface area contributed by atoms with Crippen molar-refractivity contribution in [2.45, 2.75) is 32.4 Å². The number of amides is 1. The van der Waals surface area contributed by atoms with Crippen LogP contribution in [0, 0.1) is 11.8 Å². The minimum Gasteiger partial charge on any atom is -0.369 e. The van der Waals surface area contributed by atoms with Crippen molar-refractivity contribution in [3.8, 4) is 11.8 Å². The minimum atomic E-state index is -0.772. The van der Waals surface area contributed by atoms with Gasteiger partial charge in [0.05, 0.1) is 6.54 Å². The molecule has 1 aromatic carbocycles. The predicted octanol–water partition coefficient (Wildman–Crippen LogP) is 1.77. The van der Waals surface area contributed by atoms with Crippen LogP contribution in [-0.4, -0.2) is 37.1 Å². The third-order valence-corrected chi connectivity index (χ3v) is 3.61. The van der Waals surface area contributed by atoms with Crippen molar-refractivity contribution in [1.82, 2.24) is 4.90 Å². The van der Waals surface area contributed by atoms with Gasteiger partial charge >= 0.3 is 0 Å². The maximum atomic E-state index is 12.4. The molecule has 114 valence electrons. The number of nitrogens with two attached hydrogens (primary N) is 1. The zero-order valence-corrected chi connectivity index (χ0v) is 13.3. The van der Waals surface area contributed by atoms with Crippen molar-refractivity contribution >= 4 is 5.91 Å². The molecule has 0 aliphatic carbocycles. The topological polar surface area (TPSA) is 55.6 Å². The van der Waals surface area contributed by atoms with Gasteiger partial charge in [-0.2, -0.15) is 0 Å². The van der Waals surface area contributed by atoms with Gasteiger partial charge in [-0.3, -0.25) is 4.79 Å². The summed E-state index contributed by atoms with van der Waals surface area (Å²) in [4.78, 5) is 14.1. The predicted molar refractivity (Wildman–Crippen MR) is 84.6 cm³/mol. The van der Waals surface area contributed by atoms with Crippen LogP contribution >= 0.6 is 0 Å². The second-order valence-corrected chi connectivity index (χ2v) is 5.16. The van der Waals surface area contributed by atoms with Crippen LogP contribution in [0.2, 0.25) is 0 Å². The van der Waals surface area contributed by atoms with Crippen molar-refractivity contribution in [3.05, 3.63) is 35.4 Å². The number of hydrogen-bond donors (Lipinski definition) is 1. The first-order valence-corrected chi connectivity index (χ1v) is 7.05. The fraction of sp³-hybridized carbons (Fsp3) is 0.471. The van der Waals surface area contributed by atoms with E-state index in [0.717, 1.165) is 11.1 Å². The lowest BCUT2D eigenvalue weighted by Gasteiger charge is -2.30. The van der Waals surface area contributed by atoms with E-state index in [1.807, 2.05) is 38.1 Å². The lowest BCUT2D eigenvalue weighted by atomic mass is 10.0. The van der Waals surface area contributed by atoms with Crippen molar-refractivity contribution < 1.29 is 9.53 Å². The molecular weight excluding hydrogens is 264 g/mol. The zero-order valence-electron chi connectivity index (χ0n) is 13.3. The lowest BCUT2D eigenvalue weighted by molar-refractivity contribution is -0.152. The van der Waals surface area contributed by atoms with Gasteiger partial charge in [0.25, 0.3) is 5.91 Å². The van der Waals surface area contributed by atoms with E-state index in [-0.39, 0.29) is 5.91 Å². The average molecular weight is 288 g/mol. The van der Waals surface area contributed by atoms with E-state index >= 15 is 0 Å². The largest absolute Gasteiger partial charge is 0.369 e. The van der Waals surface area contributed by atoms with Crippen LogP contribution in [0.1, 0.15) is 31.4 Å². The molecule has 4 nitrogen and oxygen atoms in total. The molecule has 0 heterocycles. The molecule has 4 heteroatoms. The molecular formula is C17H24N2O2. The van der Waals surface area contributed by atoms with E-state index in [0.29, 0.717) is 19.5 Å². The number of likely N-dealkylation sites (N-methyl/N-ethyl adjacent to an activating group) is 1. The van der Waals surface area contributed by atoms with Crippen LogP contribution in [0.5, 0.6) is 0 Å². The molecule has 0 saturated carbocycles. The van der Waals surface area contributed by atoms with E-state index in [2.05, 4.69) is 11.8 Å². The van der Waals surface area contributed by atoms with Crippen LogP contribution in [0.15, 0.2) is 24.3 Å². The highest BCUT2D eigenvalue weighted by molar-refractivity contribution is 5.84. The molecule has 0 spiro atoms. The smallest absolute Gasteiger partial charge is 0.254 e. The van der Waals surface area contributed by atoms with Gasteiger partial charge in [-0.15, -0.1) is 0 Å². The van der Waals surface area contributed by atoms with Gasteiger partial charge in [0, 0.05) is 26.3 Å². The second kappa shape index (κ2) is 7.82. The van der Waals surface area contributed by atoms with Crippen molar-refractivity contribution in [1.29, 1.82) is 0 Å². The number of ether oxygens (including phenoxy) is 1. The summed E-state index contributed by atoms with van der Waals surface area (Å²) in [5.41, 5.74) is 6.54. The van der Waals surface area contributed by atoms with Gasteiger partial charge in [-0.25, -0.2) is 0 Å². The molecule has 1 atom stereocenters. The third-order valence-electron chi connectivity index (χ3n) is 3.61. The zero-order chi connectivity index (χ0) is 15.9. The van der Waals surface area contributed by atoms with Crippen LogP contribution in [0.4, 0.5) is 0 Å². The summed E-state index contributed by atoms with van der Waals surface area (Å²) in [6.45, 7) is 4.62. The number of carbonyl (C=O) groups excluding carboxylic acids is 1. The molecule has 1 unspecified atom stereocenters. The Kier molecular flexibility index (Phi) is 6.41. The Morgan fingerprint density at radius 1 is 1.48 bits per heavy atom. The number of benzene rings is 1. The monoisotopic (exact) mass is 288 g/mol. The van der Waals surface area contributed by atoms with Crippen LogP contribution < -0.4 is 5.73 Å². The highest BCUT2D eigenvalue weighted by Crippen LogP contribution is 2.18. The summed E-state index contributed by atoms with van der Waals surface area (Å²) in [5, 5.41) is 0. The Bertz CT molecular complexity index is 539. The average Bonchev–Trinajstić information content (AvgIpc) is 2.51. The molecule has 0 radical (unpaired) electrons. The number of methoxy groups -OCH3 is 1. The van der Waals surface area contributed by atoms with E-state index in [9.17, 15) is 4.79 Å². The van der Waals surface area contributed by atoms with Crippen LogP contribution in [-0.2, 0) is 16.1 Å². The summed E-state index contributed by atoms with van der Waals surface area (Å²) >= 11 is 0. The quantitative estimate of drug-likeness (QED) is 0.840. The molecule has 0 aliphatic heterocycles. The lowest BCUT2D eigenvalue weighted by Crippen LogP contribution is -2.46. The fourth-order valence-corrected chi connectivity index (χ4v) is 2.03. The van der Waals surface area contributed by atoms with Gasteiger partial charge in [0.1, 0.15) is 5.60 Å². The molecule has 0 aromatic heterocycles. The van der Waals surface area contributed by atoms with Gasteiger partial charge in [-0.1, -0.05) is 30.9 Å². The molecule has 0 fully saturated rings.